The van der Waals surface area contributed by atoms with Crippen LogP contribution < -0.4 is 5.32 Å². The van der Waals surface area contributed by atoms with Crippen molar-refractivity contribution in [2.45, 2.75) is 18.2 Å². The van der Waals surface area contributed by atoms with E-state index in [0.29, 0.717) is 25.5 Å². The highest BCUT2D eigenvalue weighted by Gasteiger charge is 2.51. The van der Waals surface area contributed by atoms with Gasteiger partial charge in [-0.25, -0.2) is 9.78 Å². The molecule has 0 aliphatic carbocycles. The number of halogens is 1. The number of nitrogens with one attached hydrogen (secondary N) is 2. The first-order chi connectivity index (χ1) is 14.0. The summed E-state index contributed by atoms with van der Waals surface area (Å²) in [7, 11) is 1.25. The number of aromatic nitrogens is 2. The Balaban J connectivity index is 1.56. The van der Waals surface area contributed by atoms with Crippen LogP contribution in [0.15, 0.2) is 34.9 Å². The molecule has 2 aromatic rings. The van der Waals surface area contributed by atoms with Gasteiger partial charge in [-0.3, -0.25) is 4.79 Å². The summed E-state index contributed by atoms with van der Waals surface area (Å²) in [6, 6.07) is 7.50. The Labute approximate surface area is 175 Å². The average Bonchev–Trinajstić information content (AvgIpc) is 3.47. The van der Waals surface area contributed by atoms with Gasteiger partial charge >= 0.3 is 6.09 Å². The fraction of sp³-hybridized carbons (Fsp3) is 0.421. The van der Waals surface area contributed by atoms with Crippen LogP contribution in [0.5, 0.6) is 0 Å². The number of hydrogen-bond acceptors (Lipinski definition) is 6. The van der Waals surface area contributed by atoms with Gasteiger partial charge in [-0.05, 0) is 17.7 Å². The lowest BCUT2D eigenvalue weighted by atomic mass is 10.1. The average molecular weight is 465 g/mol. The molecule has 154 valence electrons. The second-order valence-corrected chi connectivity index (χ2v) is 7.80. The molecule has 2 aliphatic heterocycles. The van der Waals surface area contributed by atoms with Crippen LogP contribution in [0, 0.1) is 0 Å². The highest BCUT2D eigenvalue weighted by Crippen LogP contribution is 2.42. The normalized spacial score (nSPS) is 20.2. The topological polar surface area (TPSA) is 106 Å². The van der Waals surface area contributed by atoms with Gasteiger partial charge < -0.3 is 29.4 Å². The largest absolute Gasteiger partial charge is 0.453 e. The molecule has 10 heteroatoms. The SMILES string of the molecule is COC(=O)NCC(=O)N1CC2(CC1c1ncc(-c3ccc(Br)cc3)[nH]1)OCCO2. The Hall–Kier alpha value is -2.43. The molecule has 1 atom stereocenters. The fourth-order valence-corrected chi connectivity index (χ4v) is 3.92. The first-order valence-electron chi connectivity index (χ1n) is 9.20. The second-order valence-electron chi connectivity index (χ2n) is 6.88. The van der Waals surface area contributed by atoms with Crippen LogP contribution in [0.2, 0.25) is 0 Å². The molecule has 2 saturated heterocycles. The summed E-state index contributed by atoms with van der Waals surface area (Å²) in [6.45, 7) is 1.06. The number of carbonyl (C=O) groups is 2. The number of rotatable bonds is 4. The highest BCUT2D eigenvalue weighted by molar-refractivity contribution is 9.10. The number of benzene rings is 1. The number of nitrogens with zero attached hydrogens (tertiary/aromatic N) is 2. The maximum Gasteiger partial charge on any atom is 0.407 e. The first kappa shape index (κ1) is 19.9. The smallest absolute Gasteiger partial charge is 0.407 e. The summed E-state index contributed by atoms with van der Waals surface area (Å²) in [4.78, 5) is 33.6. The van der Waals surface area contributed by atoms with Crippen LogP contribution in [-0.2, 0) is 19.0 Å². The maximum absolute atomic E-state index is 12.8. The van der Waals surface area contributed by atoms with Gasteiger partial charge in [0.1, 0.15) is 12.4 Å². The van der Waals surface area contributed by atoms with E-state index >= 15 is 0 Å². The van der Waals surface area contributed by atoms with Gasteiger partial charge in [0, 0.05) is 10.9 Å². The lowest BCUT2D eigenvalue weighted by Crippen LogP contribution is -2.42. The third kappa shape index (κ3) is 4.14. The number of aromatic amines is 1. The number of methoxy groups -OCH3 is 1. The highest BCUT2D eigenvalue weighted by atomic mass is 79.9. The standard InChI is InChI=1S/C19H21BrN4O5/c1-27-18(26)22-10-16(25)24-11-19(28-6-7-29-19)8-15(24)17-21-9-14(23-17)12-2-4-13(20)5-3-12/h2-5,9,15H,6-8,10-11H2,1H3,(H,21,23)(H,22,26). The molecule has 0 radical (unpaired) electrons. The number of likely N-dealkylation sites (tertiary alicyclic amines) is 1. The lowest BCUT2D eigenvalue weighted by molar-refractivity contribution is -0.152. The van der Waals surface area contributed by atoms with Crippen LogP contribution in [0.4, 0.5) is 4.79 Å². The number of H-pyrrole nitrogens is 1. The summed E-state index contributed by atoms with van der Waals surface area (Å²) in [5.74, 6) is -0.459. The van der Waals surface area contributed by atoms with Gasteiger partial charge in [-0.15, -0.1) is 0 Å². The number of amides is 2. The van der Waals surface area contributed by atoms with Crippen LogP contribution in [-0.4, -0.2) is 66.1 Å². The molecule has 0 saturated carbocycles. The van der Waals surface area contributed by atoms with Crippen LogP contribution in [0.3, 0.4) is 0 Å². The molecule has 1 unspecified atom stereocenters. The van der Waals surface area contributed by atoms with E-state index in [1.165, 1.54) is 7.11 Å². The van der Waals surface area contributed by atoms with Gasteiger partial charge in [0.2, 0.25) is 5.91 Å². The molecule has 1 aromatic carbocycles. The number of hydrogen-bond donors (Lipinski definition) is 2. The van der Waals surface area contributed by atoms with Crippen molar-refractivity contribution in [3.05, 3.63) is 40.8 Å². The number of imidazole rings is 1. The summed E-state index contributed by atoms with van der Waals surface area (Å²) >= 11 is 3.43. The van der Waals surface area contributed by atoms with Gasteiger partial charge in [0.05, 0.1) is 44.8 Å². The van der Waals surface area contributed by atoms with Crippen LogP contribution >= 0.6 is 15.9 Å². The minimum Gasteiger partial charge on any atom is -0.453 e. The van der Waals surface area contributed by atoms with E-state index in [-0.39, 0.29) is 25.0 Å². The molecule has 2 amide bonds. The van der Waals surface area contributed by atoms with Crippen LogP contribution in [0.25, 0.3) is 11.3 Å². The molecule has 2 N–H and O–H groups in total. The summed E-state index contributed by atoms with van der Waals surface area (Å²) < 4.78 is 17.1. The third-order valence-corrected chi connectivity index (χ3v) is 5.59. The number of ether oxygens (including phenoxy) is 3. The van der Waals surface area contributed by atoms with Crippen molar-refractivity contribution in [3.63, 3.8) is 0 Å². The Morgan fingerprint density at radius 3 is 2.76 bits per heavy atom. The zero-order valence-corrected chi connectivity index (χ0v) is 17.4. The minimum atomic E-state index is -0.837. The molecule has 2 fully saturated rings. The fourth-order valence-electron chi connectivity index (χ4n) is 3.66. The van der Waals surface area contributed by atoms with Gasteiger partial charge in [-0.2, -0.15) is 0 Å². The Morgan fingerprint density at radius 2 is 2.07 bits per heavy atom. The molecular formula is C19H21BrN4O5. The van der Waals surface area contributed by atoms with Crippen molar-refractivity contribution < 1.29 is 23.8 Å². The zero-order chi connectivity index (χ0) is 20.4. The molecule has 1 aromatic heterocycles. The zero-order valence-electron chi connectivity index (χ0n) is 15.8. The van der Waals surface area contributed by atoms with E-state index in [2.05, 4.69) is 36.0 Å². The van der Waals surface area contributed by atoms with E-state index in [1.54, 1.807) is 11.1 Å². The first-order valence-corrected chi connectivity index (χ1v) is 9.99. The molecule has 4 rings (SSSR count). The van der Waals surface area contributed by atoms with Crippen LogP contribution in [0.1, 0.15) is 18.3 Å². The summed E-state index contributed by atoms with van der Waals surface area (Å²) in [5.41, 5.74) is 1.83. The molecular weight excluding hydrogens is 444 g/mol. The molecule has 0 bridgehead atoms. The predicted octanol–water partition coefficient (Wildman–Crippen LogP) is 2.21. The Bertz CT molecular complexity index is 894. The quantitative estimate of drug-likeness (QED) is 0.718. The minimum absolute atomic E-state index is 0.181. The van der Waals surface area contributed by atoms with E-state index < -0.39 is 11.9 Å². The van der Waals surface area contributed by atoms with E-state index in [9.17, 15) is 9.59 Å². The van der Waals surface area contributed by atoms with Crippen molar-refractivity contribution in [1.82, 2.24) is 20.2 Å². The van der Waals surface area contributed by atoms with Gasteiger partial charge in [0.15, 0.2) is 5.79 Å². The van der Waals surface area contributed by atoms with E-state index in [0.717, 1.165) is 15.7 Å². The molecule has 29 heavy (non-hydrogen) atoms. The van der Waals surface area contributed by atoms with Crippen molar-refractivity contribution in [2.75, 3.05) is 33.4 Å². The Morgan fingerprint density at radius 1 is 1.34 bits per heavy atom. The summed E-state index contributed by atoms with van der Waals surface area (Å²) in [5, 5.41) is 2.43. The number of alkyl carbamates (subject to hydrolysis) is 1. The van der Waals surface area contributed by atoms with Crippen molar-refractivity contribution in [3.8, 4) is 11.3 Å². The van der Waals surface area contributed by atoms with Crippen molar-refractivity contribution in [1.29, 1.82) is 0 Å². The number of carbonyl (C=O) groups excluding carboxylic acids is 2. The molecule has 2 aliphatic rings. The van der Waals surface area contributed by atoms with Crippen molar-refractivity contribution in [2.24, 2.45) is 0 Å². The van der Waals surface area contributed by atoms with Gasteiger partial charge in [0.25, 0.3) is 0 Å². The van der Waals surface area contributed by atoms with E-state index in [4.69, 9.17) is 9.47 Å². The lowest BCUT2D eigenvalue weighted by Gasteiger charge is -2.23. The molecule has 1 spiro atoms. The van der Waals surface area contributed by atoms with Gasteiger partial charge in [-0.1, -0.05) is 28.1 Å². The molecule has 9 nitrogen and oxygen atoms in total. The molecule has 3 heterocycles. The maximum atomic E-state index is 12.8. The predicted molar refractivity (Wildman–Crippen MR) is 106 cm³/mol. The Kier molecular flexibility index (Phi) is 5.57. The van der Waals surface area contributed by atoms with E-state index in [1.807, 2.05) is 24.3 Å². The summed E-state index contributed by atoms with van der Waals surface area (Å²) in [6.07, 6.45) is 1.55. The second kappa shape index (κ2) is 8.13. The third-order valence-electron chi connectivity index (χ3n) is 5.06. The monoisotopic (exact) mass is 464 g/mol. The van der Waals surface area contributed by atoms with Crippen molar-refractivity contribution >= 4 is 27.9 Å².